The van der Waals surface area contributed by atoms with Crippen LogP contribution in [0.4, 0.5) is 0 Å². The standard InChI is InChI=1S/C14H18ClNO3/c1-16(18-2)13(17)14(6-8-19-9-7-14)11-4-3-5-12(15)10-11/h3-5,10H,6-9H2,1-2H3. The van der Waals surface area contributed by atoms with Gasteiger partial charge in [-0.15, -0.1) is 0 Å². The molecule has 0 aliphatic carbocycles. The molecule has 4 nitrogen and oxygen atoms in total. The number of hydrogen-bond acceptors (Lipinski definition) is 3. The predicted molar refractivity (Wildman–Crippen MR) is 73.0 cm³/mol. The fourth-order valence-corrected chi connectivity index (χ4v) is 2.71. The van der Waals surface area contributed by atoms with Crippen LogP contribution in [0, 0.1) is 0 Å². The number of rotatable bonds is 3. The molecule has 1 amide bonds. The molecular formula is C14H18ClNO3. The number of carbonyl (C=O) groups excluding carboxylic acids is 1. The van der Waals surface area contributed by atoms with E-state index >= 15 is 0 Å². The monoisotopic (exact) mass is 283 g/mol. The second-order valence-electron chi connectivity index (χ2n) is 4.69. The maximum absolute atomic E-state index is 12.7. The molecule has 5 heteroatoms. The van der Waals surface area contributed by atoms with E-state index in [0.29, 0.717) is 31.1 Å². The van der Waals surface area contributed by atoms with E-state index in [4.69, 9.17) is 21.2 Å². The Morgan fingerprint density at radius 2 is 2.11 bits per heavy atom. The van der Waals surface area contributed by atoms with Crippen molar-refractivity contribution in [3.63, 3.8) is 0 Å². The van der Waals surface area contributed by atoms with Gasteiger partial charge in [-0.1, -0.05) is 23.7 Å². The Hall–Kier alpha value is -1.10. The van der Waals surface area contributed by atoms with E-state index in [1.165, 1.54) is 12.2 Å². The Balaban J connectivity index is 2.42. The molecule has 0 aromatic heterocycles. The van der Waals surface area contributed by atoms with Gasteiger partial charge in [-0.05, 0) is 30.5 Å². The van der Waals surface area contributed by atoms with Gasteiger partial charge in [0, 0.05) is 25.3 Å². The van der Waals surface area contributed by atoms with E-state index in [-0.39, 0.29) is 5.91 Å². The largest absolute Gasteiger partial charge is 0.381 e. The molecule has 1 aromatic rings. The number of nitrogens with zero attached hydrogens (tertiary/aromatic N) is 1. The van der Waals surface area contributed by atoms with Gasteiger partial charge in [0.25, 0.3) is 5.91 Å². The minimum atomic E-state index is -0.603. The molecule has 1 heterocycles. The van der Waals surface area contributed by atoms with Crippen LogP contribution in [-0.4, -0.2) is 38.3 Å². The average Bonchev–Trinajstić information content (AvgIpc) is 2.46. The van der Waals surface area contributed by atoms with E-state index < -0.39 is 5.41 Å². The smallest absolute Gasteiger partial charge is 0.256 e. The van der Waals surface area contributed by atoms with Gasteiger partial charge < -0.3 is 4.74 Å². The van der Waals surface area contributed by atoms with Gasteiger partial charge in [0.2, 0.25) is 0 Å². The van der Waals surface area contributed by atoms with Crippen molar-refractivity contribution in [1.82, 2.24) is 5.06 Å². The summed E-state index contributed by atoms with van der Waals surface area (Å²) in [6.07, 6.45) is 1.28. The summed E-state index contributed by atoms with van der Waals surface area (Å²) in [5, 5.41) is 1.92. The highest BCUT2D eigenvalue weighted by molar-refractivity contribution is 6.30. The van der Waals surface area contributed by atoms with Crippen molar-refractivity contribution in [3.8, 4) is 0 Å². The molecule has 19 heavy (non-hydrogen) atoms. The zero-order valence-electron chi connectivity index (χ0n) is 11.2. The Morgan fingerprint density at radius 3 is 2.68 bits per heavy atom. The highest BCUT2D eigenvalue weighted by Crippen LogP contribution is 2.37. The van der Waals surface area contributed by atoms with Crippen LogP contribution < -0.4 is 0 Å². The molecule has 104 valence electrons. The number of halogens is 1. The fourth-order valence-electron chi connectivity index (χ4n) is 2.52. The number of hydroxylamine groups is 2. The molecule has 2 rings (SSSR count). The molecule has 0 unspecified atom stereocenters. The summed E-state index contributed by atoms with van der Waals surface area (Å²) in [6, 6.07) is 7.48. The van der Waals surface area contributed by atoms with Gasteiger partial charge in [0.1, 0.15) is 0 Å². The molecule has 0 radical (unpaired) electrons. The zero-order valence-corrected chi connectivity index (χ0v) is 11.9. The summed E-state index contributed by atoms with van der Waals surface area (Å²) in [4.78, 5) is 17.7. The minimum absolute atomic E-state index is 0.0550. The lowest BCUT2D eigenvalue weighted by atomic mass is 9.73. The van der Waals surface area contributed by atoms with Gasteiger partial charge in [0.15, 0.2) is 0 Å². The molecule has 0 spiro atoms. The van der Waals surface area contributed by atoms with Gasteiger partial charge in [-0.3, -0.25) is 9.63 Å². The number of hydrogen-bond donors (Lipinski definition) is 0. The lowest BCUT2D eigenvalue weighted by molar-refractivity contribution is -0.179. The second-order valence-corrected chi connectivity index (χ2v) is 5.13. The van der Waals surface area contributed by atoms with Crippen LogP contribution in [0.25, 0.3) is 0 Å². The maximum atomic E-state index is 12.7. The summed E-state index contributed by atoms with van der Waals surface area (Å²) in [6.45, 7) is 1.13. The number of likely N-dealkylation sites (N-methyl/N-ethyl adjacent to an activating group) is 1. The van der Waals surface area contributed by atoms with E-state index in [1.807, 2.05) is 24.3 Å². The van der Waals surface area contributed by atoms with Crippen LogP contribution in [0.15, 0.2) is 24.3 Å². The van der Waals surface area contributed by atoms with Crippen LogP contribution in [0.2, 0.25) is 5.02 Å². The highest BCUT2D eigenvalue weighted by Gasteiger charge is 2.43. The van der Waals surface area contributed by atoms with Crippen molar-refractivity contribution in [2.75, 3.05) is 27.4 Å². The lowest BCUT2D eigenvalue weighted by Crippen LogP contribution is -2.48. The summed E-state index contributed by atoms with van der Waals surface area (Å²) in [7, 11) is 3.12. The summed E-state index contributed by atoms with van der Waals surface area (Å²) < 4.78 is 5.40. The zero-order chi connectivity index (χ0) is 13.9. The second kappa shape index (κ2) is 5.90. The molecule has 1 aliphatic rings. The molecule has 0 N–H and O–H groups in total. The van der Waals surface area contributed by atoms with Crippen molar-refractivity contribution >= 4 is 17.5 Å². The Kier molecular flexibility index (Phi) is 4.45. The van der Waals surface area contributed by atoms with Gasteiger partial charge in [-0.2, -0.15) is 0 Å². The fraction of sp³-hybridized carbons (Fsp3) is 0.500. The molecule has 1 saturated heterocycles. The van der Waals surface area contributed by atoms with Crippen molar-refractivity contribution in [2.45, 2.75) is 18.3 Å². The first-order valence-corrected chi connectivity index (χ1v) is 6.64. The van der Waals surface area contributed by atoms with Crippen molar-refractivity contribution in [2.24, 2.45) is 0 Å². The third kappa shape index (κ3) is 2.76. The van der Waals surface area contributed by atoms with Gasteiger partial charge in [0.05, 0.1) is 12.5 Å². The Bertz CT molecular complexity index is 458. The SMILES string of the molecule is CON(C)C(=O)C1(c2cccc(Cl)c2)CCOCC1. The van der Waals surface area contributed by atoms with Crippen LogP contribution >= 0.6 is 11.6 Å². The first-order chi connectivity index (χ1) is 9.10. The van der Waals surface area contributed by atoms with Crippen molar-refractivity contribution < 1.29 is 14.4 Å². The topological polar surface area (TPSA) is 38.8 Å². The molecule has 0 bridgehead atoms. The molecular weight excluding hydrogens is 266 g/mol. The molecule has 1 aromatic carbocycles. The Morgan fingerprint density at radius 1 is 1.42 bits per heavy atom. The summed E-state index contributed by atoms with van der Waals surface area (Å²) in [5.74, 6) is -0.0550. The number of amides is 1. The minimum Gasteiger partial charge on any atom is -0.381 e. The molecule has 0 atom stereocenters. The van der Waals surface area contributed by atoms with E-state index in [2.05, 4.69) is 0 Å². The van der Waals surface area contributed by atoms with E-state index in [9.17, 15) is 4.79 Å². The third-order valence-electron chi connectivity index (χ3n) is 3.69. The number of benzene rings is 1. The van der Waals surface area contributed by atoms with E-state index in [0.717, 1.165) is 5.56 Å². The normalized spacial score (nSPS) is 18.1. The van der Waals surface area contributed by atoms with Crippen LogP contribution in [0.5, 0.6) is 0 Å². The predicted octanol–water partition coefficient (Wildman–Crippen LogP) is 2.41. The molecule has 0 saturated carbocycles. The number of ether oxygens (including phenoxy) is 1. The lowest BCUT2D eigenvalue weighted by Gasteiger charge is -2.38. The average molecular weight is 284 g/mol. The van der Waals surface area contributed by atoms with E-state index in [1.54, 1.807) is 7.05 Å². The van der Waals surface area contributed by atoms with Crippen molar-refractivity contribution in [1.29, 1.82) is 0 Å². The van der Waals surface area contributed by atoms with Crippen LogP contribution in [0.3, 0.4) is 0 Å². The molecule has 1 aliphatic heterocycles. The summed E-state index contributed by atoms with van der Waals surface area (Å²) >= 11 is 6.06. The maximum Gasteiger partial charge on any atom is 0.256 e. The van der Waals surface area contributed by atoms with Crippen LogP contribution in [0.1, 0.15) is 18.4 Å². The van der Waals surface area contributed by atoms with Gasteiger partial charge >= 0.3 is 0 Å². The third-order valence-corrected chi connectivity index (χ3v) is 3.93. The number of carbonyl (C=O) groups is 1. The highest BCUT2D eigenvalue weighted by atomic mass is 35.5. The Labute approximate surface area is 118 Å². The summed E-state index contributed by atoms with van der Waals surface area (Å²) in [5.41, 5.74) is 0.325. The molecule has 1 fully saturated rings. The first-order valence-electron chi connectivity index (χ1n) is 6.26. The quantitative estimate of drug-likeness (QED) is 0.800. The first kappa shape index (κ1) is 14.3. The van der Waals surface area contributed by atoms with Gasteiger partial charge in [-0.25, -0.2) is 5.06 Å². The van der Waals surface area contributed by atoms with Crippen molar-refractivity contribution in [3.05, 3.63) is 34.9 Å². The van der Waals surface area contributed by atoms with Crippen LogP contribution in [-0.2, 0) is 19.8 Å².